The number of para-hydroxylation sites is 1. The van der Waals surface area contributed by atoms with Gasteiger partial charge in [-0.2, -0.15) is 0 Å². The van der Waals surface area contributed by atoms with Gasteiger partial charge in [0, 0.05) is 24.8 Å². The molecular weight excluding hydrogens is 286 g/mol. The fourth-order valence-corrected chi connectivity index (χ4v) is 3.44. The second-order valence-corrected chi connectivity index (χ2v) is 6.67. The molecule has 1 aliphatic carbocycles. The molecule has 1 saturated carbocycles. The van der Waals surface area contributed by atoms with Crippen molar-refractivity contribution in [2.75, 3.05) is 19.8 Å². The van der Waals surface area contributed by atoms with Crippen molar-refractivity contribution < 1.29 is 9.47 Å². The van der Waals surface area contributed by atoms with Crippen molar-refractivity contribution in [3.8, 4) is 5.75 Å². The average Bonchev–Trinajstić information content (AvgIpc) is 2.59. The predicted molar refractivity (Wildman–Crippen MR) is 95.9 cm³/mol. The Morgan fingerprint density at radius 2 is 1.91 bits per heavy atom. The number of benzene rings is 1. The minimum atomic E-state index is 0.564. The van der Waals surface area contributed by atoms with Crippen LogP contribution in [0.5, 0.6) is 5.75 Å². The first-order chi connectivity index (χ1) is 11.3. The molecule has 1 aromatic carbocycles. The molecule has 2 rings (SSSR count). The zero-order valence-corrected chi connectivity index (χ0v) is 14.9. The maximum Gasteiger partial charge on any atom is 0.123 e. The van der Waals surface area contributed by atoms with Crippen LogP contribution in [-0.4, -0.2) is 25.9 Å². The van der Waals surface area contributed by atoms with E-state index in [0.29, 0.717) is 19.3 Å². The van der Waals surface area contributed by atoms with Crippen LogP contribution in [0.15, 0.2) is 24.3 Å². The van der Waals surface area contributed by atoms with Crippen molar-refractivity contribution in [1.29, 1.82) is 0 Å². The smallest absolute Gasteiger partial charge is 0.123 e. The van der Waals surface area contributed by atoms with Crippen molar-refractivity contribution in [3.05, 3.63) is 29.8 Å². The highest BCUT2D eigenvalue weighted by molar-refractivity contribution is 5.33. The fraction of sp³-hybridized carbons (Fsp3) is 0.700. The Bertz CT molecular complexity index is 429. The molecule has 1 aromatic rings. The van der Waals surface area contributed by atoms with Gasteiger partial charge in [-0.15, -0.1) is 0 Å². The lowest BCUT2D eigenvalue weighted by Gasteiger charge is -2.25. The summed E-state index contributed by atoms with van der Waals surface area (Å²) in [6.07, 6.45) is 8.42. The molecule has 1 unspecified atom stereocenters. The maximum absolute atomic E-state index is 5.86. The summed E-state index contributed by atoms with van der Waals surface area (Å²) < 4.78 is 11.2. The van der Waals surface area contributed by atoms with Gasteiger partial charge in [0.1, 0.15) is 12.4 Å². The molecule has 130 valence electrons. The highest BCUT2D eigenvalue weighted by Crippen LogP contribution is 2.27. The first kappa shape index (κ1) is 18.3. The third kappa shape index (κ3) is 6.92. The van der Waals surface area contributed by atoms with Crippen LogP contribution < -0.4 is 10.1 Å². The average molecular weight is 319 g/mol. The molecule has 0 amide bonds. The maximum atomic E-state index is 5.86. The summed E-state index contributed by atoms with van der Waals surface area (Å²) in [7, 11) is 0. The molecule has 0 bridgehead atoms. The Labute approximate surface area is 141 Å². The fourth-order valence-electron chi connectivity index (χ4n) is 3.44. The van der Waals surface area contributed by atoms with Gasteiger partial charge in [-0.25, -0.2) is 0 Å². The molecule has 3 nitrogen and oxygen atoms in total. The summed E-state index contributed by atoms with van der Waals surface area (Å²) in [6, 6.07) is 8.88. The Morgan fingerprint density at radius 1 is 1.13 bits per heavy atom. The van der Waals surface area contributed by atoms with E-state index in [-0.39, 0.29) is 0 Å². The largest absolute Gasteiger partial charge is 0.491 e. The van der Waals surface area contributed by atoms with Gasteiger partial charge >= 0.3 is 0 Å². The van der Waals surface area contributed by atoms with Crippen LogP contribution in [0, 0.1) is 5.92 Å². The molecule has 0 heterocycles. The summed E-state index contributed by atoms with van der Waals surface area (Å²) in [4.78, 5) is 0. The van der Waals surface area contributed by atoms with Gasteiger partial charge in [0.05, 0.1) is 6.61 Å². The van der Waals surface area contributed by atoms with Crippen LogP contribution in [0.3, 0.4) is 0 Å². The van der Waals surface area contributed by atoms with Crippen LogP contribution in [0.4, 0.5) is 0 Å². The molecule has 1 fully saturated rings. The van der Waals surface area contributed by atoms with E-state index in [1.54, 1.807) is 0 Å². The van der Waals surface area contributed by atoms with Gasteiger partial charge in [-0.05, 0) is 32.3 Å². The molecule has 0 spiro atoms. The van der Waals surface area contributed by atoms with Crippen molar-refractivity contribution in [3.63, 3.8) is 0 Å². The van der Waals surface area contributed by atoms with Gasteiger partial charge in [0.25, 0.3) is 0 Å². The summed E-state index contributed by atoms with van der Waals surface area (Å²) in [5.74, 6) is 1.90. The highest BCUT2D eigenvalue weighted by atomic mass is 16.5. The van der Waals surface area contributed by atoms with Crippen LogP contribution >= 0.6 is 0 Å². The summed E-state index contributed by atoms with van der Waals surface area (Å²) >= 11 is 0. The quantitative estimate of drug-likeness (QED) is 0.642. The topological polar surface area (TPSA) is 30.5 Å². The third-order valence-corrected chi connectivity index (χ3v) is 4.71. The zero-order chi connectivity index (χ0) is 16.3. The zero-order valence-electron chi connectivity index (χ0n) is 14.9. The second-order valence-electron chi connectivity index (χ2n) is 6.67. The minimum absolute atomic E-state index is 0.564. The van der Waals surface area contributed by atoms with E-state index in [9.17, 15) is 0 Å². The van der Waals surface area contributed by atoms with Crippen molar-refractivity contribution >= 4 is 0 Å². The van der Waals surface area contributed by atoms with E-state index >= 15 is 0 Å². The normalized spacial score (nSPS) is 17.1. The summed E-state index contributed by atoms with van der Waals surface area (Å²) in [6.45, 7) is 7.20. The van der Waals surface area contributed by atoms with Crippen LogP contribution in [0.2, 0.25) is 0 Å². The molecule has 0 aromatic heterocycles. The highest BCUT2D eigenvalue weighted by Gasteiger charge is 2.16. The number of hydrogen-bond donors (Lipinski definition) is 1. The number of hydrogen-bond acceptors (Lipinski definition) is 3. The van der Waals surface area contributed by atoms with Crippen molar-refractivity contribution in [2.45, 2.75) is 65.0 Å². The van der Waals surface area contributed by atoms with E-state index in [4.69, 9.17) is 9.47 Å². The van der Waals surface area contributed by atoms with Crippen LogP contribution in [-0.2, 0) is 11.3 Å². The van der Waals surface area contributed by atoms with Gasteiger partial charge < -0.3 is 14.8 Å². The second kappa shape index (κ2) is 10.7. The summed E-state index contributed by atoms with van der Waals surface area (Å²) in [5, 5.41) is 3.68. The molecule has 0 radical (unpaired) electrons. The van der Waals surface area contributed by atoms with E-state index in [2.05, 4.69) is 30.4 Å². The van der Waals surface area contributed by atoms with Gasteiger partial charge in [-0.3, -0.25) is 0 Å². The van der Waals surface area contributed by atoms with E-state index in [1.807, 2.05) is 13.0 Å². The molecule has 0 saturated heterocycles. The molecule has 1 aliphatic rings. The SMILES string of the molecule is CCOCCOc1ccccc1CNC(C)CC1CCCCC1. The Morgan fingerprint density at radius 3 is 2.70 bits per heavy atom. The van der Waals surface area contributed by atoms with Gasteiger partial charge in [-0.1, -0.05) is 50.3 Å². The van der Waals surface area contributed by atoms with E-state index in [1.165, 1.54) is 44.1 Å². The van der Waals surface area contributed by atoms with E-state index < -0.39 is 0 Å². The van der Waals surface area contributed by atoms with Gasteiger partial charge in [0.2, 0.25) is 0 Å². The standard InChI is InChI=1S/C20H33NO2/c1-3-22-13-14-23-20-12-8-7-11-19(20)16-21-17(2)15-18-9-5-4-6-10-18/h7-8,11-12,17-18,21H,3-6,9-10,13-16H2,1-2H3. The molecule has 23 heavy (non-hydrogen) atoms. The van der Waals surface area contributed by atoms with Crippen molar-refractivity contribution in [2.24, 2.45) is 5.92 Å². The number of rotatable bonds is 10. The molecule has 0 aliphatic heterocycles. The lowest BCUT2D eigenvalue weighted by atomic mass is 9.85. The van der Waals surface area contributed by atoms with Crippen molar-refractivity contribution in [1.82, 2.24) is 5.32 Å². The predicted octanol–water partition coefficient (Wildman–Crippen LogP) is 4.55. The molecule has 1 atom stereocenters. The van der Waals surface area contributed by atoms with Crippen LogP contribution in [0.25, 0.3) is 0 Å². The Kier molecular flexibility index (Phi) is 8.48. The third-order valence-electron chi connectivity index (χ3n) is 4.71. The lowest BCUT2D eigenvalue weighted by Crippen LogP contribution is -2.28. The Balaban J connectivity index is 1.75. The summed E-state index contributed by atoms with van der Waals surface area (Å²) in [5.41, 5.74) is 1.24. The molecule has 1 N–H and O–H groups in total. The first-order valence-corrected chi connectivity index (χ1v) is 9.31. The minimum Gasteiger partial charge on any atom is -0.491 e. The first-order valence-electron chi connectivity index (χ1n) is 9.31. The monoisotopic (exact) mass is 319 g/mol. The Hall–Kier alpha value is -1.06. The molecule has 3 heteroatoms. The lowest BCUT2D eigenvalue weighted by molar-refractivity contribution is 0.110. The van der Waals surface area contributed by atoms with Gasteiger partial charge in [0.15, 0.2) is 0 Å². The number of nitrogens with one attached hydrogen (secondary N) is 1. The van der Waals surface area contributed by atoms with E-state index in [0.717, 1.165) is 24.8 Å². The number of ether oxygens (including phenoxy) is 2. The van der Waals surface area contributed by atoms with Crippen LogP contribution in [0.1, 0.15) is 57.9 Å². The molecular formula is C20H33NO2.